The first-order chi connectivity index (χ1) is 18.5. The van der Waals surface area contributed by atoms with Gasteiger partial charge in [0.05, 0.1) is 18.4 Å². The highest BCUT2D eigenvalue weighted by molar-refractivity contribution is 7.90. The van der Waals surface area contributed by atoms with Crippen LogP contribution in [0.1, 0.15) is 24.6 Å². The Kier molecular flexibility index (Phi) is 8.16. The predicted molar refractivity (Wildman–Crippen MR) is 143 cm³/mol. The molecule has 14 heteroatoms. The number of nitrogens with zero attached hydrogens (tertiary/aromatic N) is 5. The minimum Gasteiger partial charge on any atom is -0.497 e. The number of sulfonamides is 1. The van der Waals surface area contributed by atoms with Gasteiger partial charge in [0.2, 0.25) is 5.91 Å². The average molecular weight is 573 g/mol. The Bertz CT molecular complexity index is 1560. The molecule has 0 aliphatic carbocycles. The standard InChI is InChI=1S/C25H28N6O6S2/c1-5-30-24(33)20(14-22(32)26-17-8-10-18(36-4)11-9-17)31(25(30)38)15-21-23(37-28-29(21)3)27-39(34,35)19-12-6-16(2)7-13-19/h6-13,20H,5,14-15H2,1-4H3,(H,26,32)/b27-23-. The highest BCUT2D eigenvalue weighted by Gasteiger charge is 2.44. The maximum Gasteiger partial charge on any atom is 0.289 e. The zero-order valence-corrected chi connectivity index (χ0v) is 23.5. The molecule has 1 aliphatic heterocycles. The molecule has 2 amide bonds. The Morgan fingerprint density at radius 3 is 2.49 bits per heavy atom. The second kappa shape index (κ2) is 11.4. The van der Waals surface area contributed by atoms with Crippen molar-refractivity contribution in [2.75, 3.05) is 19.0 Å². The van der Waals surface area contributed by atoms with Crippen molar-refractivity contribution in [2.45, 2.75) is 37.8 Å². The van der Waals surface area contributed by atoms with Gasteiger partial charge in [-0.15, -0.1) is 4.40 Å². The maximum atomic E-state index is 13.2. The van der Waals surface area contributed by atoms with Crippen LogP contribution in [0.2, 0.25) is 0 Å². The molecular weight excluding hydrogens is 544 g/mol. The Hall–Kier alpha value is -4.04. The molecule has 1 aliphatic rings. The van der Waals surface area contributed by atoms with Crippen LogP contribution in [0.3, 0.4) is 0 Å². The number of carbonyl (C=O) groups is 2. The minimum atomic E-state index is -4.11. The number of anilines is 1. The fourth-order valence-electron chi connectivity index (χ4n) is 4.04. The number of hydrogen-bond donors (Lipinski definition) is 1. The number of nitrogens with one attached hydrogen (secondary N) is 1. The van der Waals surface area contributed by atoms with Crippen LogP contribution in [0.5, 0.6) is 5.75 Å². The number of methoxy groups -OCH3 is 1. The number of carbonyl (C=O) groups excluding carboxylic acids is 2. The second-order valence-corrected chi connectivity index (χ2v) is 10.8. The SMILES string of the molecule is CCN1C(=O)C(CC(=O)Nc2ccc(OC)cc2)N(Cc2/c(=N/S(=O)(=O)c3ccc(C)cc3)o[n-][n+]2C)C1=S. The molecule has 39 heavy (non-hydrogen) atoms. The van der Waals surface area contributed by atoms with Gasteiger partial charge in [-0.2, -0.15) is 8.42 Å². The number of ether oxygens (including phenoxy) is 1. The van der Waals surface area contributed by atoms with Crippen molar-refractivity contribution in [2.24, 2.45) is 11.4 Å². The number of likely N-dealkylation sites (N-methyl/N-ethyl adjacent to an activating group) is 1. The molecule has 0 radical (unpaired) electrons. The van der Waals surface area contributed by atoms with E-state index in [4.69, 9.17) is 21.5 Å². The van der Waals surface area contributed by atoms with Gasteiger partial charge in [0.15, 0.2) is 5.11 Å². The van der Waals surface area contributed by atoms with E-state index in [0.717, 1.165) is 5.56 Å². The van der Waals surface area contributed by atoms with E-state index in [-0.39, 0.29) is 40.1 Å². The Labute approximate surface area is 230 Å². The van der Waals surface area contributed by atoms with Crippen LogP contribution >= 0.6 is 12.2 Å². The van der Waals surface area contributed by atoms with Crippen LogP contribution in [0.25, 0.3) is 0 Å². The van der Waals surface area contributed by atoms with Gasteiger partial charge in [0.1, 0.15) is 25.4 Å². The molecule has 2 heterocycles. The van der Waals surface area contributed by atoms with Gasteiger partial charge in [-0.3, -0.25) is 19.8 Å². The zero-order chi connectivity index (χ0) is 28.3. The molecule has 3 aromatic rings. The van der Waals surface area contributed by atoms with Gasteiger partial charge in [0, 0.05) is 12.2 Å². The summed E-state index contributed by atoms with van der Waals surface area (Å²) in [5.41, 5.74) is 1.46. The molecule has 1 aromatic heterocycles. The molecule has 0 saturated carbocycles. The van der Waals surface area contributed by atoms with E-state index >= 15 is 0 Å². The quantitative estimate of drug-likeness (QED) is 0.294. The van der Waals surface area contributed by atoms with E-state index in [1.165, 1.54) is 21.7 Å². The van der Waals surface area contributed by atoms with Gasteiger partial charge < -0.3 is 19.5 Å². The monoisotopic (exact) mass is 572 g/mol. The molecule has 1 saturated heterocycles. The van der Waals surface area contributed by atoms with Gasteiger partial charge >= 0.3 is 0 Å². The fraction of sp³-hybridized carbons (Fsp3) is 0.320. The molecule has 12 nitrogen and oxygen atoms in total. The first-order valence-electron chi connectivity index (χ1n) is 12.0. The molecule has 4 rings (SSSR count). The van der Waals surface area contributed by atoms with E-state index in [2.05, 4.69) is 15.0 Å². The highest BCUT2D eigenvalue weighted by Crippen LogP contribution is 2.23. The lowest BCUT2D eigenvalue weighted by Gasteiger charge is -2.22. The van der Waals surface area contributed by atoms with Crippen molar-refractivity contribution in [3.63, 3.8) is 0 Å². The number of benzene rings is 2. The van der Waals surface area contributed by atoms with Gasteiger partial charge in [-0.05, 0) is 62.5 Å². The van der Waals surface area contributed by atoms with Crippen LogP contribution in [-0.4, -0.2) is 54.8 Å². The summed E-state index contributed by atoms with van der Waals surface area (Å²) in [4.78, 5) is 29.1. The first-order valence-corrected chi connectivity index (χ1v) is 13.8. The number of rotatable bonds is 9. The summed E-state index contributed by atoms with van der Waals surface area (Å²) in [6, 6.07) is 12.1. The smallest absolute Gasteiger partial charge is 0.289 e. The van der Waals surface area contributed by atoms with Gasteiger partial charge in [-0.1, -0.05) is 17.7 Å². The van der Waals surface area contributed by atoms with Gasteiger partial charge in [-0.25, -0.2) is 4.68 Å². The number of amides is 2. The zero-order valence-electron chi connectivity index (χ0n) is 21.8. The maximum absolute atomic E-state index is 13.2. The summed E-state index contributed by atoms with van der Waals surface area (Å²) in [7, 11) is -1.01. The van der Waals surface area contributed by atoms with Gasteiger partial charge in [0.25, 0.3) is 27.2 Å². The average Bonchev–Trinajstić information content (AvgIpc) is 3.35. The molecule has 1 unspecified atom stereocenters. The Morgan fingerprint density at radius 1 is 1.21 bits per heavy atom. The molecule has 206 valence electrons. The third kappa shape index (κ3) is 6.01. The van der Waals surface area contributed by atoms with Crippen molar-refractivity contribution >= 4 is 44.9 Å². The number of aromatic nitrogens is 2. The number of thiocarbonyl (C=S) groups is 1. The lowest BCUT2D eigenvalue weighted by atomic mass is 10.1. The second-order valence-electron chi connectivity index (χ2n) is 8.82. The number of aryl methyl sites for hydroxylation is 2. The van der Waals surface area contributed by atoms with Crippen LogP contribution in [0, 0.1) is 6.92 Å². The summed E-state index contributed by atoms with van der Waals surface area (Å²) in [5, 5.41) is 6.80. The topological polar surface area (TPSA) is 140 Å². The summed E-state index contributed by atoms with van der Waals surface area (Å²) >= 11 is 5.56. The lowest BCUT2D eigenvalue weighted by Crippen LogP contribution is -2.45. The molecule has 1 atom stereocenters. The summed E-state index contributed by atoms with van der Waals surface area (Å²) < 4.78 is 41.4. The Morgan fingerprint density at radius 2 is 1.87 bits per heavy atom. The van der Waals surface area contributed by atoms with Crippen LogP contribution in [-0.2, 0) is 33.2 Å². The van der Waals surface area contributed by atoms with E-state index in [9.17, 15) is 18.0 Å². The molecule has 0 spiro atoms. The van der Waals surface area contributed by atoms with Crippen LogP contribution in [0.4, 0.5) is 5.69 Å². The van der Waals surface area contributed by atoms with E-state index in [1.54, 1.807) is 62.4 Å². The molecule has 2 aromatic carbocycles. The van der Waals surface area contributed by atoms with Crippen molar-refractivity contribution < 1.29 is 31.9 Å². The largest absolute Gasteiger partial charge is 0.497 e. The first kappa shape index (κ1) is 28.0. The molecular formula is C25H28N6O6S2. The van der Waals surface area contributed by atoms with Crippen LogP contribution < -0.4 is 25.6 Å². The predicted octanol–water partition coefficient (Wildman–Crippen LogP) is 1.01. The van der Waals surface area contributed by atoms with E-state index in [1.807, 2.05) is 6.92 Å². The molecule has 1 fully saturated rings. The fourth-order valence-corrected chi connectivity index (χ4v) is 5.39. The minimum absolute atomic E-state index is 0.00443. The van der Waals surface area contributed by atoms with Crippen LogP contribution in [0.15, 0.2) is 62.3 Å². The van der Waals surface area contributed by atoms with E-state index in [0.29, 0.717) is 18.0 Å². The molecule has 0 bridgehead atoms. The summed E-state index contributed by atoms with van der Waals surface area (Å²) in [5.74, 6) is -0.0932. The Balaban J connectivity index is 1.61. The third-order valence-electron chi connectivity index (χ3n) is 6.20. The van der Waals surface area contributed by atoms with Crippen molar-refractivity contribution in [3.8, 4) is 5.75 Å². The normalized spacial score (nSPS) is 16.2. The van der Waals surface area contributed by atoms with Crippen molar-refractivity contribution in [3.05, 3.63) is 65.3 Å². The van der Waals surface area contributed by atoms with Crippen molar-refractivity contribution in [1.29, 1.82) is 0 Å². The third-order valence-corrected chi connectivity index (χ3v) is 7.93. The summed E-state index contributed by atoms with van der Waals surface area (Å²) in [6.45, 7) is 3.86. The number of hydrogen-bond acceptors (Lipinski definition) is 7. The highest BCUT2D eigenvalue weighted by atomic mass is 32.2. The summed E-state index contributed by atoms with van der Waals surface area (Å²) in [6.07, 6.45) is -0.190. The van der Waals surface area contributed by atoms with Crippen molar-refractivity contribution in [1.82, 2.24) is 15.1 Å². The lowest BCUT2D eigenvalue weighted by molar-refractivity contribution is -0.752. The molecule has 1 N–H and O–H groups in total. The van der Waals surface area contributed by atoms with E-state index < -0.39 is 22.0 Å².